The van der Waals surface area contributed by atoms with Gasteiger partial charge >= 0.3 is 5.97 Å². The van der Waals surface area contributed by atoms with Gasteiger partial charge in [-0.3, -0.25) is 0 Å². The van der Waals surface area contributed by atoms with Crippen molar-refractivity contribution in [2.45, 2.75) is 32.1 Å². The number of pyridine rings is 1. The van der Waals surface area contributed by atoms with Crippen LogP contribution in [0, 0.1) is 11.6 Å². The molecule has 1 aliphatic rings. The highest BCUT2D eigenvalue weighted by atomic mass is 19.1. The van der Waals surface area contributed by atoms with Gasteiger partial charge in [0.05, 0.1) is 40.5 Å². The van der Waals surface area contributed by atoms with E-state index in [0.717, 1.165) is 35.2 Å². The summed E-state index contributed by atoms with van der Waals surface area (Å²) in [6.45, 7) is 1.29. The van der Waals surface area contributed by atoms with Crippen LogP contribution in [0.2, 0.25) is 0 Å². The summed E-state index contributed by atoms with van der Waals surface area (Å²) in [5, 5.41) is 17.6. The second kappa shape index (κ2) is 11.1. The van der Waals surface area contributed by atoms with E-state index in [-0.39, 0.29) is 47.4 Å². The number of ether oxygens (including phenoxy) is 2. The molecule has 3 aromatic heterocycles. The van der Waals surface area contributed by atoms with Crippen molar-refractivity contribution in [3.05, 3.63) is 101 Å². The lowest BCUT2D eigenvalue weighted by molar-refractivity contribution is -0.0589. The summed E-state index contributed by atoms with van der Waals surface area (Å²) in [7, 11) is 1.81. The first-order chi connectivity index (χ1) is 21.3. The van der Waals surface area contributed by atoms with Gasteiger partial charge in [-0.25, -0.2) is 28.2 Å². The standard InChI is InChI=1S/C32H26F2N6O4/c1-39-28-11-18(5-7-27(28)37-38-39)17-44-31-4-2-3-25(36-31)22-15-23(33)20(12-24(22)34)14-30-35-26-8-6-19(32(41)42)13-29(26)40(30)16-21-9-10-43-21/h2-8,11-13,15,21H,9-10,14,16-17H2,1H3,(H,41,42)/t21-/m0/s1. The molecule has 0 amide bonds. The summed E-state index contributed by atoms with van der Waals surface area (Å²) in [6, 6.07) is 17.5. The molecule has 4 heterocycles. The van der Waals surface area contributed by atoms with E-state index >= 15 is 8.78 Å². The number of carboxylic acids is 1. The van der Waals surface area contributed by atoms with Gasteiger partial charge in [-0.15, -0.1) is 5.10 Å². The number of aryl methyl sites for hydroxylation is 1. The van der Waals surface area contributed by atoms with Crippen LogP contribution in [0.15, 0.2) is 66.7 Å². The number of imidazole rings is 1. The Balaban J connectivity index is 1.14. The van der Waals surface area contributed by atoms with Crippen LogP contribution < -0.4 is 4.74 Å². The zero-order valence-corrected chi connectivity index (χ0v) is 23.6. The first-order valence-corrected chi connectivity index (χ1v) is 14.0. The lowest BCUT2D eigenvalue weighted by Crippen LogP contribution is -2.31. The number of nitrogens with zero attached hydrogens (tertiary/aromatic N) is 6. The highest BCUT2D eigenvalue weighted by Gasteiger charge is 2.24. The minimum absolute atomic E-state index is 0.0000554. The first-order valence-electron chi connectivity index (χ1n) is 14.0. The van der Waals surface area contributed by atoms with E-state index in [4.69, 9.17) is 9.47 Å². The Bertz CT molecular complexity index is 2050. The van der Waals surface area contributed by atoms with E-state index in [0.29, 0.717) is 30.0 Å². The predicted octanol–water partition coefficient (Wildman–Crippen LogP) is 5.32. The van der Waals surface area contributed by atoms with E-state index < -0.39 is 17.6 Å². The third-order valence-corrected chi connectivity index (χ3v) is 7.80. The van der Waals surface area contributed by atoms with Gasteiger partial charge in [-0.1, -0.05) is 17.3 Å². The maximum absolute atomic E-state index is 15.5. The number of benzene rings is 3. The largest absolute Gasteiger partial charge is 0.478 e. The lowest BCUT2D eigenvalue weighted by Gasteiger charge is -2.27. The van der Waals surface area contributed by atoms with Crippen molar-refractivity contribution in [3.63, 3.8) is 0 Å². The number of aromatic carboxylic acids is 1. The fraction of sp³-hybridized carbons (Fsp3) is 0.219. The van der Waals surface area contributed by atoms with Gasteiger partial charge in [0.15, 0.2) is 0 Å². The van der Waals surface area contributed by atoms with Crippen molar-refractivity contribution in [2.75, 3.05) is 6.61 Å². The van der Waals surface area contributed by atoms with Gasteiger partial charge in [0.2, 0.25) is 5.88 Å². The molecule has 6 aromatic rings. The Kier molecular flexibility index (Phi) is 6.97. The highest BCUT2D eigenvalue weighted by Crippen LogP contribution is 2.29. The van der Waals surface area contributed by atoms with Crippen LogP contribution in [0.3, 0.4) is 0 Å². The first kappa shape index (κ1) is 27.6. The van der Waals surface area contributed by atoms with Crippen LogP contribution in [-0.2, 0) is 31.4 Å². The van der Waals surface area contributed by atoms with Crippen LogP contribution in [0.1, 0.15) is 33.7 Å². The molecular weight excluding hydrogens is 570 g/mol. The Morgan fingerprint density at radius 2 is 1.86 bits per heavy atom. The van der Waals surface area contributed by atoms with E-state index in [1.54, 1.807) is 42.1 Å². The van der Waals surface area contributed by atoms with E-state index in [9.17, 15) is 9.90 Å². The molecule has 10 nitrogen and oxygen atoms in total. The molecule has 222 valence electrons. The van der Waals surface area contributed by atoms with Crippen molar-refractivity contribution in [1.82, 2.24) is 29.5 Å². The Labute approximate surface area is 249 Å². The minimum atomic E-state index is -1.06. The summed E-state index contributed by atoms with van der Waals surface area (Å²) in [5.41, 5.74) is 4.15. The monoisotopic (exact) mass is 596 g/mol. The molecule has 1 N–H and O–H groups in total. The quantitative estimate of drug-likeness (QED) is 0.239. The molecule has 1 atom stereocenters. The number of hydrogen-bond acceptors (Lipinski definition) is 7. The van der Waals surface area contributed by atoms with Crippen molar-refractivity contribution in [2.24, 2.45) is 7.05 Å². The molecule has 7 rings (SSSR count). The number of rotatable bonds is 9. The summed E-state index contributed by atoms with van der Waals surface area (Å²) >= 11 is 0. The summed E-state index contributed by atoms with van der Waals surface area (Å²) < 4.78 is 46.0. The Hall–Kier alpha value is -5.23. The topological polar surface area (TPSA) is 117 Å². The third-order valence-electron chi connectivity index (χ3n) is 7.80. The Morgan fingerprint density at radius 1 is 1.02 bits per heavy atom. The van der Waals surface area contributed by atoms with Crippen LogP contribution in [0.25, 0.3) is 33.3 Å². The van der Waals surface area contributed by atoms with Crippen LogP contribution >= 0.6 is 0 Å². The molecule has 44 heavy (non-hydrogen) atoms. The molecule has 12 heteroatoms. The number of fused-ring (bicyclic) bond motifs is 2. The van der Waals surface area contributed by atoms with Crippen LogP contribution in [0.4, 0.5) is 8.78 Å². The molecule has 1 aliphatic heterocycles. The van der Waals surface area contributed by atoms with Crippen molar-refractivity contribution >= 4 is 28.0 Å². The van der Waals surface area contributed by atoms with Gasteiger partial charge in [0, 0.05) is 31.7 Å². The molecule has 0 spiro atoms. The lowest BCUT2D eigenvalue weighted by atomic mass is 10.0. The van der Waals surface area contributed by atoms with Gasteiger partial charge in [0.1, 0.15) is 29.6 Å². The number of halogens is 2. The molecular formula is C32H26F2N6O4. The maximum Gasteiger partial charge on any atom is 0.335 e. The van der Waals surface area contributed by atoms with Gasteiger partial charge in [-0.05, 0) is 66.1 Å². The highest BCUT2D eigenvalue weighted by molar-refractivity contribution is 5.92. The Morgan fingerprint density at radius 3 is 2.66 bits per heavy atom. The van der Waals surface area contributed by atoms with Crippen molar-refractivity contribution in [3.8, 4) is 17.1 Å². The van der Waals surface area contributed by atoms with E-state index in [2.05, 4.69) is 20.3 Å². The fourth-order valence-electron chi connectivity index (χ4n) is 5.34. The second-order valence-electron chi connectivity index (χ2n) is 10.7. The molecule has 3 aromatic carbocycles. The number of hydrogen-bond donors (Lipinski definition) is 1. The minimum Gasteiger partial charge on any atom is -0.478 e. The summed E-state index contributed by atoms with van der Waals surface area (Å²) in [4.78, 5) is 20.6. The average molecular weight is 597 g/mol. The maximum atomic E-state index is 15.5. The molecule has 0 bridgehead atoms. The number of carboxylic acid groups (broad SMARTS) is 1. The van der Waals surface area contributed by atoms with Crippen molar-refractivity contribution in [1.29, 1.82) is 0 Å². The zero-order valence-electron chi connectivity index (χ0n) is 23.6. The van der Waals surface area contributed by atoms with E-state index in [1.807, 2.05) is 22.8 Å². The van der Waals surface area contributed by atoms with Gasteiger partial charge in [-0.2, -0.15) is 0 Å². The molecule has 0 unspecified atom stereocenters. The van der Waals surface area contributed by atoms with Crippen LogP contribution in [-0.4, -0.2) is 53.3 Å². The summed E-state index contributed by atoms with van der Waals surface area (Å²) in [6.07, 6.45) is 0.793. The molecule has 0 aliphatic carbocycles. The second-order valence-corrected chi connectivity index (χ2v) is 10.7. The number of carbonyl (C=O) groups is 1. The molecule has 0 saturated carbocycles. The van der Waals surface area contributed by atoms with Gasteiger partial charge in [0.25, 0.3) is 0 Å². The van der Waals surface area contributed by atoms with Crippen LogP contribution in [0.5, 0.6) is 5.88 Å². The zero-order chi connectivity index (χ0) is 30.4. The molecule has 1 saturated heterocycles. The fourth-order valence-corrected chi connectivity index (χ4v) is 5.34. The van der Waals surface area contributed by atoms with Gasteiger partial charge < -0.3 is 19.1 Å². The molecule has 0 radical (unpaired) electrons. The summed E-state index contributed by atoms with van der Waals surface area (Å²) in [5.74, 6) is -1.56. The van der Waals surface area contributed by atoms with E-state index in [1.165, 1.54) is 6.07 Å². The average Bonchev–Trinajstić information content (AvgIpc) is 3.54. The molecule has 1 fully saturated rings. The predicted molar refractivity (Wildman–Crippen MR) is 156 cm³/mol. The SMILES string of the molecule is Cn1nnc2ccc(COc3cccc(-c4cc(F)c(Cc5nc6ccc(C(=O)O)cc6n5C[C@@H]5CCO5)cc4F)n3)cc21. The normalized spacial score (nSPS) is 14.7. The van der Waals surface area contributed by atoms with Crippen molar-refractivity contribution < 1.29 is 28.2 Å². The number of aromatic nitrogens is 6. The third kappa shape index (κ3) is 5.24. The smallest absolute Gasteiger partial charge is 0.335 e.